The van der Waals surface area contributed by atoms with Crippen molar-refractivity contribution in [3.8, 4) is 0 Å². The third-order valence-electron chi connectivity index (χ3n) is 4.47. The van der Waals surface area contributed by atoms with E-state index in [2.05, 4.69) is 27.1 Å². The molecule has 1 N–H and O–H groups in total. The summed E-state index contributed by atoms with van der Waals surface area (Å²) in [6, 6.07) is 14.0. The predicted molar refractivity (Wildman–Crippen MR) is 112 cm³/mol. The zero-order valence-electron chi connectivity index (χ0n) is 15.7. The lowest BCUT2D eigenvalue weighted by molar-refractivity contribution is 0.517. The second-order valence-corrected chi connectivity index (χ2v) is 7.64. The van der Waals surface area contributed by atoms with Gasteiger partial charge in [-0.25, -0.2) is 15.0 Å². The summed E-state index contributed by atoms with van der Waals surface area (Å²) < 4.78 is 5.48. The molecule has 7 heteroatoms. The molecule has 146 valence electrons. The van der Waals surface area contributed by atoms with Crippen molar-refractivity contribution in [3.05, 3.63) is 106 Å². The van der Waals surface area contributed by atoms with Crippen molar-refractivity contribution in [1.82, 2.24) is 19.9 Å². The first-order valence-electron chi connectivity index (χ1n) is 9.33. The van der Waals surface area contributed by atoms with Gasteiger partial charge in [-0.15, -0.1) is 0 Å². The van der Waals surface area contributed by atoms with Gasteiger partial charge in [-0.1, -0.05) is 42.1 Å². The molecule has 0 atom stereocenters. The van der Waals surface area contributed by atoms with E-state index in [1.807, 2.05) is 30.3 Å². The van der Waals surface area contributed by atoms with Gasteiger partial charge in [0.1, 0.15) is 12.1 Å². The molecular formula is C22H20N4O2S. The second kappa shape index (κ2) is 9.34. The van der Waals surface area contributed by atoms with Crippen molar-refractivity contribution in [3.63, 3.8) is 0 Å². The van der Waals surface area contributed by atoms with E-state index in [1.54, 1.807) is 30.4 Å². The third-order valence-corrected chi connectivity index (χ3v) is 5.34. The van der Waals surface area contributed by atoms with Crippen LogP contribution in [0.5, 0.6) is 0 Å². The summed E-state index contributed by atoms with van der Waals surface area (Å²) >= 11 is 1.55. The van der Waals surface area contributed by atoms with Crippen LogP contribution in [0.2, 0.25) is 0 Å². The van der Waals surface area contributed by atoms with E-state index in [0.717, 1.165) is 29.2 Å². The maximum atomic E-state index is 12.8. The SMILES string of the molecule is O=c1[nH]c(SCCc2ccccc2)nc(Cc2ccco2)c1Cc1cncnc1. The van der Waals surface area contributed by atoms with Crippen LogP contribution in [-0.2, 0) is 19.3 Å². The van der Waals surface area contributed by atoms with E-state index in [9.17, 15) is 4.79 Å². The normalized spacial score (nSPS) is 10.9. The van der Waals surface area contributed by atoms with Crippen LogP contribution in [0, 0.1) is 0 Å². The molecule has 0 radical (unpaired) electrons. The summed E-state index contributed by atoms with van der Waals surface area (Å²) in [4.78, 5) is 28.6. The molecule has 0 aliphatic heterocycles. The van der Waals surface area contributed by atoms with E-state index in [1.165, 1.54) is 11.9 Å². The molecule has 4 aromatic rings. The fraction of sp³-hybridized carbons (Fsp3) is 0.182. The van der Waals surface area contributed by atoms with Crippen molar-refractivity contribution in [2.75, 3.05) is 5.75 Å². The second-order valence-electron chi connectivity index (χ2n) is 6.56. The lowest BCUT2D eigenvalue weighted by atomic mass is 10.0. The van der Waals surface area contributed by atoms with Gasteiger partial charge < -0.3 is 9.40 Å². The summed E-state index contributed by atoms with van der Waals surface area (Å²) in [7, 11) is 0. The molecule has 3 heterocycles. The van der Waals surface area contributed by atoms with Crippen molar-refractivity contribution in [1.29, 1.82) is 0 Å². The molecule has 1 aromatic carbocycles. The molecule has 0 aliphatic carbocycles. The molecule has 0 saturated carbocycles. The molecule has 4 rings (SSSR count). The number of nitrogens with zero attached hydrogens (tertiary/aromatic N) is 3. The molecule has 29 heavy (non-hydrogen) atoms. The largest absolute Gasteiger partial charge is 0.469 e. The van der Waals surface area contributed by atoms with Crippen molar-refractivity contribution < 1.29 is 4.42 Å². The molecular weight excluding hydrogens is 384 g/mol. The van der Waals surface area contributed by atoms with E-state index < -0.39 is 0 Å². The van der Waals surface area contributed by atoms with Crippen molar-refractivity contribution in [2.45, 2.75) is 24.4 Å². The van der Waals surface area contributed by atoms with E-state index in [4.69, 9.17) is 9.40 Å². The summed E-state index contributed by atoms with van der Waals surface area (Å²) in [6.45, 7) is 0. The highest BCUT2D eigenvalue weighted by Crippen LogP contribution is 2.19. The third kappa shape index (κ3) is 5.20. The predicted octanol–water partition coefficient (Wildman–Crippen LogP) is 3.67. The molecule has 0 fully saturated rings. The van der Waals surface area contributed by atoms with Crippen LogP contribution in [0.3, 0.4) is 0 Å². The Morgan fingerprint density at radius 3 is 2.55 bits per heavy atom. The topological polar surface area (TPSA) is 84.7 Å². The number of rotatable bonds is 8. The minimum absolute atomic E-state index is 0.132. The highest BCUT2D eigenvalue weighted by atomic mass is 32.2. The fourth-order valence-corrected chi connectivity index (χ4v) is 3.90. The van der Waals surface area contributed by atoms with Gasteiger partial charge in [-0.05, 0) is 29.7 Å². The Morgan fingerprint density at radius 1 is 0.966 bits per heavy atom. The van der Waals surface area contributed by atoms with Crippen LogP contribution < -0.4 is 5.56 Å². The fourth-order valence-electron chi connectivity index (χ4n) is 3.03. The van der Waals surface area contributed by atoms with Gasteiger partial charge in [0.25, 0.3) is 5.56 Å². The number of aromatic amines is 1. The Kier molecular flexibility index (Phi) is 6.16. The number of furan rings is 1. The summed E-state index contributed by atoms with van der Waals surface area (Å²) in [5.74, 6) is 1.60. The van der Waals surface area contributed by atoms with Crippen LogP contribution in [-0.4, -0.2) is 25.7 Å². The van der Waals surface area contributed by atoms with Crippen LogP contribution in [0.1, 0.15) is 28.1 Å². The monoisotopic (exact) mass is 404 g/mol. The average molecular weight is 404 g/mol. The minimum atomic E-state index is -0.132. The standard InChI is InChI=1S/C22H20N4O2S/c27-21-19(11-17-13-23-15-24-14-17)20(12-18-7-4-9-28-18)25-22(26-21)29-10-8-16-5-2-1-3-6-16/h1-7,9,13-15H,8,10-12H2,(H,25,26,27). The minimum Gasteiger partial charge on any atom is -0.469 e. The first kappa shape index (κ1) is 19.1. The van der Waals surface area contributed by atoms with Gasteiger partial charge in [0.05, 0.1) is 12.0 Å². The zero-order chi connectivity index (χ0) is 19.9. The van der Waals surface area contributed by atoms with Gasteiger partial charge in [0, 0.05) is 36.6 Å². The zero-order valence-corrected chi connectivity index (χ0v) is 16.6. The maximum Gasteiger partial charge on any atom is 0.255 e. The van der Waals surface area contributed by atoms with E-state index >= 15 is 0 Å². The first-order valence-corrected chi connectivity index (χ1v) is 10.3. The Bertz CT molecular complexity index is 1100. The summed E-state index contributed by atoms with van der Waals surface area (Å²) in [6.07, 6.45) is 8.33. The average Bonchev–Trinajstić information content (AvgIpc) is 3.25. The number of hydrogen-bond donors (Lipinski definition) is 1. The van der Waals surface area contributed by atoms with Gasteiger partial charge >= 0.3 is 0 Å². The number of aromatic nitrogens is 4. The molecule has 0 bridgehead atoms. The highest BCUT2D eigenvalue weighted by Gasteiger charge is 2.15. The lowest BCUT2D eigenvalue weighted by Gasteiger charge is -2.09. The summed E-state index contributed by atoms with van der Waals surface area (Å²) in [5, 5.41) is 0.626. The van der Waals surface area contributed by atoms with Gasteiger partial charge in [0.2, 0.25) is 0 Å². The highest BCUT2D eigenvalue weighted by molar-refractivity contribution is 7.99. The Labute approximate surface area is 172 Å². The van der Waals surface area contributed by atoms with E-state index in [-0.39, 0.29) is 5.56 Å². The van der Waals surface area contributed by atoms with Gasteiger partial charge in [0.15, 0.2) is 5.16 Å². The Hall–Kier alpha value is -3.19. The van der Waals surface area contributed by atoms with Crippen molar-refractivity contribution in [2.24, 2.45) is 0 Å². The molecule has 3 aromatic heterocycles. The molecule has 0 unspecified atom stereocenters. The Morgan fingerprint density at radius 2 is 1.79 bits per heavy atom. The van der Waals surface area contributed by atoms with Gasteiger partial charge in [-0.2, -0.15) is 0 Å². The first-order chi connectivity index (χ1) is 14.3. The number of H-pyrrole nitrogens is 1. The molecule has 0 amide bonds. The number of nitrogens with one attached hydrogen (secondary N) is 1. The van der Waals surface area contributed by atoms with E-state index in [0.29, 0.717) is 23.6 Å². The number of benzene rings is 1. The molecule has 0 aliphatic rings. The molecule has 6 nitrogen and oxygen atoms in total. The smallest absolute Gasteiger partial charge is 0.255 e. The van der Waals surface area contributed by atoms with Gasteiger partial charge in [-0.3, -0.25) is 4.79 Å². The number of thioether (sulfide) groups is 1. The van der Waals surface area contributed by atoms with Crippen LogP contribution >= 0.6 is 11.8 Å². The van der Waals surface area contributed by atoms with Crippen LogP contribution in [0.25, 0.3) is 0 Å². The van der Waals surface area contributed by atoms with Crippen molar-refractivity contribution >= 4 is 11.8 Å². The summed E-state index contributed by atoms with van der Waals surface area (Å²) in [5.41, 5.74) is 3.33. The maximum absolute atomic E-state index is 12.8. The van der Waals surface area contributed by atoms with Crippen LogP contribution in [0.15, 0.2) is 81.8 Å². The molecule has 0 saturated heterocycles. The quantitative estimate of drug-likeness (QED) is 0.356. The molecule has 0 spiro atoms. The van der Waals surface area contributed by atoms with Crippen LogP contribution in [0.4, 0.5) is 0 Å². The Balaban J connectivity index is 1.56. The lowest BCUT2D eigenvalue weighted by Crippen LogP contribution is -2.19. The number of aryl methyl sites for hydroxylation is 1. The number of hydrogen-bond acceptors (Lipinski definition) is 6.